The smallest absolute Gasteiger partial charge is 0.0642 e. The first-order valence-corrected chi connectivity index (χ1v) is 6.89. The largest absolute Gasteiger partial charge is 0.393 e. The van der Waals surface area contributed by atoms with Gasteiger partial charge in [-0.15, -0.1) is 0 Å². The highest BCUT2D eigenvalue weighted by Gasteiger charge is 2.53. The molecule has 2 aliphatic rings. The molecule has 2 nitrogen and oxygen atoms in total. The van der Waals surface area contributed by atoms with Gasteiger partial charge in [0.15, 0.2) is 0 Å². The summed E-state index contributed by atoms with van der Waals surface area (Å²) in [6.07, 6.45) is 3.33. The SMILES string of the molecule is C=C(C)[C@@H]1CC[C@@]2(C)C(O)CC[C@H](C)[C@@H]2C1O. The first-order chi connectivity index (χ1) is 7.88. The molecule has 2 fully saturated rings. The quantitative estimate of drug-likeness (QED) is 0.690. The van der Waals surface area contributed by atoms with Crippen molar-refractivity contribution in [2.75, 3.05) is 0 Å². The molecule has 98 valence electrons. The number of rotatable bonds is 1. The fourth-order valence-electron chi connectivity index (χ4n) is 4.29. The molecule has 2 heteroatoms. The number of fused-ring (bicyclic) bond motifs is 1. The zero-order valence-electron chi connectivity index (χ0n) is 11.3. The minimum Gasteiger partial charge on any atom is -0.393 e. The highest BCUT2D eigenvalue weighted by Crippen LogP contribution is 2.54. The van der Waals surface area contributed by atoms with E-state index in [4.69, 9.17) is 0 Å². The third kappa shape index (κ3) is 1.96. The second kappa shape index (κ2) is 4.40. The highest BCUT2D eigenvalue weighted by molar-refractivity contribution is 5.10. The maximum absolute atomic E-state index is 10.6. The van der Waals surface area contributed by atoms with Gasteiger partial charge in [0.25, 0.3) is 0 Å². The number of hydrogen-bond donors (Lipinski definition) is 2. The first kappa shape index (κ1) is 13.1. The maximum Gasteiger partial charge on any atom is 0.0642 e. The van der Waals surface area contributed by atoms with Crippen LogP contribution in [0.5, 0.6) is 0 Å². The van der Waals surface area contributed by atoms with Crippen LogP contribution in [0.3, 0.4) is 0 Å². The second-order valence-corrected chi connectivity index (χ2v) is 6.58. The summed E-state index contributed by atoms with van der Waals surface area (Å²) in [6.45, 7) is 10.4. The van der Waals surface area contributed by atoms with E-state index < -0.39 is 0 Å². The van der Waals surface area contributed by atoms with Crippen LogP contribution >= 0.6 is 0 Å². The Balaban J connectivity index is 2.29. The van der Waals surface area contributed by atoms with E-state index in [2.05, 4.69) is 20.4 Å². The van der Waals surface area contributed by atoms with E-state index in [0.29, 0.717) is 5.92 Å². The molecule has 2 rings (SSSR count). The van der Waals surface area contributed by atoms with Crippen LogP contribution < -0.4 is 0 Å². The lowest BCUT2D eigenvalue weighted by molar-refractivity contribution is -0.150. The summed E-state index contributed by atoms with van der Waals surface area (Å²) in [4.78, 5) is 0. The van der Waals surface area contributed by atoms with Gasteiger partial charge >= 0.3 is 0 Å². The lowest BCUT2D eigenvalue weighted by Crippen LogP contribution is -2.56. The molecule has 2 unspecified atom stereocenters. The molecule has 0 saturated heterocycles. The van der Waals surface area contributed by atoms with Crippen molar-refractivity contribution in [2.24, 2.45) is 23.2 Å². The zero-order valence-corrected chi connectivity index (χ0v) is 11.3. The van der Waals surface area contributed by atoms with E-state index in [9.17, 15) is 10.2 Å². The van der Waals surface area contributed by atoms with Crippen molar-refractivity contribution in [2.45, 2.75) is 58.7 Å². The van der Waals surface area contributed by atoms with Crippen LogP contribution in [0.15, 0.2) is 12.2 Å². The Morgan fingerprint density at radius 3 is 2.47 bits per heavy atom. The van der Waals surface area contributed by atoms with Gasteiger partial charge in [-0.3, -0.25) is 0 Å². The maximum atomic E-state index is 10.6. The third-order valence-electron chi connectivity index (χ3n) is 5.44. The summed E-state index contributed by atoms with van der Waals surface area (Å²) in [5.41, 5.74) is 0.995. The molecule has 2 saturated carbocycles. The Labute approximate surface area is 105 Å². The van der Waals surface area contributed by atoms with Crippen LogP contribution in [0.25, 0.3) is 0 Å². The lowest BCUT2D eigenvalue weighted by atomic mass is 9.52. The molecule has 0 bridgehead atoms. The third-order valence-corrected chi connectivity index (χ3v) is 5.44. The van der Waals surface area contributed by atoms with Crippen molar-refractivity contribution in [1.29, 1.82) is 0 Å². The molecule has 2 aliphatic carbocycles. The molecule has 0 aromatic heterocycles. The highest BCUT2D eigenvalue weighted by atomic mass is 16.3. The predicted molar refractivity (Wildman–Crippen MR) is 69.5 cm³/mol. The average Bonchev–Trinajstić information content (AvgIpc) is 2.23. The fraction of sp³-hybridized carbons (Fsp3) is 0.867. The van der Waals surface area contributed by atoms with Gasteiger partial charge in [-0.05, 0) is 49.9 Å². The number of hydrogen-bond acceptors (Lipinski definition) is 2. The van der Waals surface area contributed by atoms with Crippen LogP contribution in [0, 0.1) is 23.2 Å². The standard InChI is InChI=1S/C15H26O2/c1-9(2)11-7-8-15(4)12(16)6-5-10(3)13(15)14(11)17/h10-14,16-17H,1,5-8H2,2-4H3/t10-,11-,12?,13+,14?,15-/m0/s1. The van der Waals surface area contributed by atoms with Gasteiger partial charge in [0.1, 0.15) is 0 Å². The zero-order chi connectivity index (χ0) is 12.8. The molecule has 2 N–H and O–H groups in total. The summed E-state index contributed by atoms with van der Waals surface area (Å²) in [7, 11) is 0. The van der Waals surface area contributed by atoms with Gasteiger partial charge in [-0.1, -0.05) is 26.0 Å². The summed E-state index contributed by atoms with van der Waals surface area (Å²) >= 11 is 0. The molecule has 0 aromatic carbocycles. The fourth-order valence-corrected chi connectivity index (χ4v) is 4.29. The summed E-state index contributed by atoms with van der Waals surface area (Å²) in [5.74, 6) is 0.947. The molecule has 0 amide bonds. The monoisotopic (exact) mass is 238 g/mol. The van der Waals surface area contributed by atoms with E-state index in [1.54, 1.807) is 0 Å². The van der Waals surface area contributed by atoms with E-state index in [-0.39, 0.29) is 29.5 Å². The van der Waals surface area contributed by atoms with Gasteiger partial charge in [0.2, 0.25) is 0 Å². The van der Waals surface area contributed by atoms with Crippen molar-refractivity contribution < 1.29 is 10.2 Å². The first-order valence-electron chi connectivity index (χ1n) is 6.89. The van der Waals surface area contributed by atoms with Gasteiger partial charge in [-0.2, -0.15) is 0 Å². The van der Waals surface area contributed by atoms with Crippen molar-refractivity contribution in [3.63, 3.8) is 0 Å². The van der Waals surface area contributed by atoms with Crippen molar-refractivity contribution in [1.82, 2.24) is 0 Å². The van der Waals surface area contributed by atoms with Crippen LogP contribution in [-0.2, 0) is 0 Å². The van der Waals surface area contributed by atoms with E-state index in [0.717, 1.165) is 31.3 Å². The van der Waals surface area contributed by atoms with Gasteiger partial charge in [-0.25, -0.2) is 0 Å². The van der Waals surface area contributed by atoms with Crippen LogP contribution in [0.1, 0.15) is 46.5 Å². The van der Waals surface area contributed by atoms with Crippen molar-refractivity contribution in [3.8, 4) is 0 Å². The summed E-state index contributed by atoms with van der Waals surface area (Å²) < 4.78 is 0. The summed E-state index contributed by atoms with van der Waals surface area (Å²) in [5, 5.41) is 20.9. The topological polar surface area (TPSA) is 40.5 Å². The molecule has 0 heterocycles. The lowest BCUT2D eigenvalue weighted by Gasteiger charge is -2.55. The summed E-state index contributed by atoms with van der Waals surface area (Å²) in [6, 6.07) is 0. The van der Waals surface area contributed by atoms with Crippen LogP contribution in [0.2, 0.25) is 0 Å². The van der Waals surface area contributed by atoms with E-state index in [1.165, 1.54) is 0 Å². The van der Waals surface area contributed by atoms with Crippen LogP contribution in [0.4, 0.5) is 0 Å². The minimum absolute atomic E-state index is 0.0942. The Kier molecular flexibility index (Phi) is 3.39. The molecule has 6 atom stereocenters. The van der Waals surface area contributed by atoms with Gasteiger partial charge in [0, 0.05) is 5.92 Å². The van der Waals surface area contributed by atoms with Gasteiger partial charge < -0.3 is 10.2 Å². The number of aliphatic hydroxyl groups is 2. The number of aliphatic hydroxyl groups excluding tert-OH is 2. The average molecular weight is 238 g/mol. The van der Waals surface area contributed by atoms with Crippen molar-refractivity contribution in [3.05, 3.63) is 12.2 Å². The molecule has 0 aliphatic heterocycles. The molecule has 0 spiro atoms. The minimum atomic E-state index is -0.323. The molecule has 0 aromatic rings. The molecular formula is C15H26O2. The Morgan fingerprint density at radius 2 is 1.88 bits per heavy atom. The van der Waals surface area contributed by atoms with Crippen LogP contribution in [-0.4, -0.2) is 22.4 Å². The predicted octanol–water partition coefficient (Wildman–Crippen LogP) is 2.75. The van der Waals surface area contributed by atoms with Gasteiger partial charge in [0.05, 0.1) is 12.2 Å². The van der Waals surface area contributed by atoms with E-state index in [1.807, 2.05) is 6.92 Å². The molecule has 17 heavy (non-hydrogen) atoms. The molecular weight excluding hydrogens is 212 g/mol. The Bertz CT molecular complexity index is 312. The second-order valence-electron chi connectivity index (χ2n) is 6.58. The Hall–Kier alpha value is -0.340. The van der Waals surface area contributed by atoms with E-state index >= 15 is 0 Å². The Morgan fingerprint density at radius 1 is 1.24 bits per heavy atom. The molecule has 0 radical (unpaired) electrons. The normalized spacial score (nSPS) is 50.8. The van der Waals surface area contributed by atoms with Crippen molar-refractivity contribution >= 4 is 0 Å².